The Kier molecular flexibility index (Phi) is 28.2. The largest absolute Gasteiger partial charge is 0.382 e. The van der Waals surface area contributed by atoms with Gasteiger partial charge in [-0.25, -0.2) is 0 Å². The van der Waals surface area contributed by atoms with E-state index in [1.165, 1.54) is 33.4 Å². The predicted molar refractivity (Wildman–Crippen MR) is 216 cm³/mol. The Labute approximate surface area is 340 Å². The van der Waals surface area contributed by atoms with Crippen molar-refractivity contribution in [3.63, 3.8) is 0 Å². The summed E-state index contributed by atoms with van der Waals surface area (Å²) in [7, 11) is 3.34. The molecule has 0 bridgehead atoms. The maximum atomic E-state index is 6.30. The molecule has 1 aliphatic rings. The maximum Gasteiger partial charge on any atom is 0.0701 e. The quantitative estimate of drug-likeness (QED) is 0.0898. The van der Waals surface area contributed by atoms with Crippen molar-refractivity contribution in [1.29, 1.82) is 0 Å². The van der Waals surface area contributed by atoms with E-state index >= 15 is 0 Å². The summed E-state index contributed by atoms with van der Waals surface area (Å²) in [6.07, 6.45) is 0. The fourth-order valence-corrected chi connectivity index (χ4v) is 6.05. The fraction of sp³-hybridized carbons (Fsp3) is 0.721. The van der Waals surface area contributed by atoms with Crippen LogP contribution in [-0.4, -0.2) is 186 Å². The molecule has 0 fully saturated rings. The van der Waals surface area contributed by atoms with Gasteiger partial charge in [0.2, 0.25) is 0 Å². The van der Waals surface area contributed by atoms with Crippen molar-refractivity contribution in [2.75, 3.05) is 186 Å². The van der Waals surface area contributed by atoms with E-state index < -0.39 is 5.41 Å². The third-order valence-corrected chi connectivity index (χ3v) is 8.95. The van der Waals surface area contributed by atoms with Gasteiger partial charge in [0.25, 0.3) is 0 Å². The van der Waals surface area contributed by atoms with Gasteiger partial charge in [-0.1, -0.05) is 47.5 Å². The topological polar surface area (TPSA) is 129 Å². The van der Waals surface area contributed by atoms with Crippen LogP contribution in [0.15, 0.2) is 36.4 Å². The molecule has 0 aromatic heterocycles. The molecule has 3 rings (SSSR count). The predicted octanol–water partition coefficient (Wildman–Crippen LogP) is 4.06. The average molecular weight is 811 g/mol. The van der Waals surface area contributed by atoms with Crippen LogP contribution in [0.5, 0.6) is 0 Å². The zero-order valence-electron chi connectivity index (χ0n) is 35.1. The molecule has 0 saturated heterocycles. The Balaban J connectivity index is 1.07. The monoisotopic (exact) mass is 810 g/mol. The van der Waals surface area contributed by atoms with Gasteiger partial charge < -0.3 is 66.3 Å². The third-order valence-electron chi connectivity index (χ3n) is 8.95. The molecule has 0 spiro atoms. The average Bonchev–Trinajstić information content (AvgIpc) is 3.47. The standard InChI is InChI=1S/C43H70O14/c1-37-5-7-39-40-8-6-38(2)34-42(40)43(41(39)33-37,35-56-12-10-45-4)36-57-32-31-55-30-29-54-28-27-53-26-25-52-24-23-51-22-21-50-20-19-49-18-17-48-16-15-47-14-13-46-11-9-44-3/h5-8,33-34H,9-32,35-36H2,1-4H3. The molecule has 0 atom stereocenters. The summed E-state index contributed by atoms with van der Waals surface area (Å²) >= 11 is 0. The highest BCUT2D eigenvalue weighted by atomic mass is 16.6. The first-order valence-electron chi connectivity index (χ1n) is 20.3. The number of rotatable bonds is 40. The van der Waals surface area contributed by atoms with Crippen LogP contribution in [0, 0.1) is 13.8 Å². The second-order valence-electron chi connectivity index (χ2n) is 13.4. The molecule has 2 aromatic rings. The fourth-order valence-electron chi connectivity index (χ4n) is 6.05. The molecule has 0 heterocycles. The van der Waals surface area contributed by atoms with E-state index in [0.717, 1.165) is 0 Å². The van der Waals surface area contributed by atoms with Gasteiger partial charge in [-0.05, 0) is 36.1 Å². The van der Waals surface area contributed by atoms with Crippen LogP contribution in [0.25, 0.3) is 11.1 Å². The zero-order valence-corrected chi connectivity index (χ0v) is 35.1. The number of hydrogen-bond acceptors (Lipinski definition) is 14. The molecule has 14 heteroatoms. The van der Waals surface area contributed by atoms with Crippen molar-refractivity contribution in [3.05, 3.63) is 58.7 Å². The summed E-state index contributed by atoms with van der Waals surface area (Å²) in [5.41, 5.74) is 7.03. The minimum absolute atomic E-state index is 0.402. The molecule has 0 amide bonds. The first-order chi connectivity index (χ1) is 28.1. The van der Waals surface area contributed by atoms with Crippen LogP contribution >= 0.6 is 0 Å². The third kappa shape index (κ3) is 20.6. The number of aryl methyl sites for hydroxylation is 2. The number of benzene rings is 2. The van der Waals surface area contributed by atoms with Gasteiger partial charge >= 0.3 is 0 Å². The summed E-state index contributed by atoms with van der Waals surface area (Å²) in [5.74, 6) is 0. The molecule has 0 radical (unpaired) electrons. The van der Waals surface area contributed by atoms with Gasteiger partial charge in [0.1, 0.15) is 0 Å². The van der Waals surface area contributed by atoms with E-state index in [4.69, 9.17) is 66.3 Å². The van der Waals surface area contributed by atoms with E-state index in [2.05, 4.69) is 50.2 Å². The lowest BCUT2D eigenvalue weighted by atomic mass is 9.78. The summed E-state index contributed by atoms with van der Waals surface area (Å²) in [6, 6.07) is 13.3. The van der Waals surface area contributed by atoms with Crippen LogP contribution in [-0.2, 0) is 71.7 Å². The molecule has 0 N–H and O–H groups in total. The minimum atomic E-state index is -0.402. The lowest BCUT2D eigenvalue weighted by Crippen LogP contribution is -2.37. The van der Waals surface area contributed by atoms with Gasteiger partial charge in [0, 0.05) is 14.2 Å². The molecular formula is C43H70O14. The molecule has 0 unspecified atom stereocenters. The van der Waals surface area contributed by atoms with Crippen molar-refractivity contribution >= 4 is 0 Å². The smallest absolute Gasteiger partial charge is 0.0701 e. The highest BCUT2D eigenvalue weighted by Crippen LogP contribution is 2.50. The summed E-state index contributed by atoms with van der Waals surface area (Å²) in [5, 5.41) is 0. The minimum Gasteiger partial charge on any atom is -0.382 e. The summed E-state index contributed by atoms with van der Waals surface area (Å²) in [4.78, 5) is 0. The molecule has 0 saturated carbocycles. The van der Waals surface area contributed by atoms with Gasteiger partial charge in [0.15, 0.2) is 0 Å². The Hall–Kier alpha value is -2.12. The highest BCUT2D eigenvalue weighted by molar-refractivity contribution is 5.82. The van der Waals surface area contributed by atoms with E-state index in [9.17, 15) is 0 Å². The van der Waals surface area contributed by atoms with Gasteiger partial charge in [0.05, 0.1) is 177 Å². The maximum absolute atomic E-state index is 6.30. The van der Waals surface area contributed by atoms with Crippen molar-refractivity contribution in [3.8, 4) is 11.1 Å². The highest BCUT2D eigenvalue weighted by Gasteiger charge is 2.44. The van der Waals surface area contributed by atoms with Crippen molar-refractivity contribution in [2.45, 2.75) is 19.3 Å². The number of hydrogen-bond donors (Lipinski definition) is 0. The second kappa shape index (κ2) is 32.7. The Bertz CT molecular complexity index is 1210. The second-order valence-corrected chi connectivity index (χ2v) is 13.4. The van der Waals surface area contributed by atoms with E-state index in [1.54, 1.807) is 14.2 Å². The number of ether oxygens (including phenoxy) is 14. The van der Waals surface area contributed by atoms with Crippen LogP contribution in [0.2, 0.25) is 0 Å². The first kappa shape index (κ1) is 49.2. The first-order valence-corrected chi connectivity index (χ1v) is 20.3. The molecular weight excluding hydrogens is 740 g/mol. The Morgan fingerprint density at radius 2 is 0.544 bits per heavy atom. The SMILES string of the molecule is COCCOCCOCCOCCOCCOCCOCCOCCOCCOCCOCCOCC1(COCCOC)c2cc(C)ccc2-c2ccc(C)cc21. The molecule has 0 aliphatic heterocycles. The lowest BCUT2D eigenvalue weighted by Gasteiger charge is -2.32. The van der Waals surface area contributed by atoms with Gasteiger partial charge in [-0.15, -0.1) is 0 Å². The summed E-state index contributed by atoms with van der Waals surface area (Å²) < 4.78 is 77.9. The van der Waals surface area contributed by atoms with Crippen LogP contribution in [0.1, 0.15) is 22.3 Å². The molecule has 1 aliphatic carbocycles. The lowest BCUT2D eigenvalue weighted by molar-refractivity contribution is -0.0294. The Morgan fingerprint density at radius 3 is 0.807 bits per heavy atom. The van der Waals surface area contributed by atoms with Gasteiger partial charge in [-0.2, -0.15) is 0 Å². The molecule has 14 nitrogen and oxygen atoms in total. The van der Waals surface area contributed by atoms with Crippen molar-refractivity contribution in [2.24, 2.45) is 0 Å². The van der Waals surface area contributed by atoms with E-state index in [0.29, 0.717) is 172 Å². The number of fused-ring (bicyclic) bond motifs is 3. The van der Waals surface area contributed by atoms with Crippen molar-refractivity contribution < 1.29 is 66.3 Å². The normalized spacial score (nSPS) is 13.1. The van der Waals surface area contributed by atoms with Crippen LogP contribution in [0.3, 0.4) is 0 Å². The number of methoxy groups -OCH3 is 2. The van der Waals surface area contributed by atoms with E-state index in [-0.39, 0.29) is 0 Å². The molecule has 326 valence electrons. The van der Waals surface area contributed by atoms with Crippen LogP contribution in [0.4, 0.5) is 0 Å². The van der Waals surface area contributed by atoms with E-state index in [1.807, 2.05) is 0 Å². The molecule has 57 heavy (non-hydrogen) atoms. The molecule has 2 aromatic carbocycles. The zero-order chi connectivity index (χ0) is 40.5. The summed E-state index contributed by atoms with van der Waals surface area (Å²) in [6.45, 7) is 17.6. The Morgan fingerprint density at radius 1 is 0.316 bits per heavy atom. The van der Waals surface area contributed by atoms with Gasteiger partial charge in [-0.3, -0.25) is 0 Å². The van der Waals surface area contributed by atoms with Crippen LogP contribution < -0.4 is 0 Å². The van der Waals surface area contributed by atoms with Crippen molar-refractivity contribution in [1.82, 2.24) is 0 Å².